The highest BCUT2D eigenvalue weighted by Gasteiger charge is 2.15. The van der Waals surface area contributed by atoms with Gasteiger partial charge < -0.3 is 19.1 Å². The molecule has 5 nitrogen and oxygen atoms in total. The van der Waals surface area contributed by atoms with Crippen LogP contribution in [0, 0.1) is 0 Å². The number of hydrogen-bond donors (Lipinski definition) is 0. The Morgan fingerprint density at radius 1 is 1.00 bits per heavy atom. The van der Waals surface area contributed by atoms with Gasteiger partial charge in [0.2, 0.25) is 0 Å². The second kappa shape index (κ2) is 9.28. The minimum absolute atomic E-state index is 0.00232. The van der Waals surface area contributed by atoms with E-state index in [2.05, 4.69) is 18.2 Å². The Balaban J connectivity index is 1.55. The van der Waals surface area contributed by atoms with Gasteiger partial charge in [0.1, 0.15) is 5.75 Å². The van der Waals surface area contributed by atoms with Crippen molar-refractivity contribution in [3.8, 4) is 16.9 Å². The summed E-state index contributed by atoms with van der Waals surface area (Å²) in [7, 11) is 3.52. The van der Waals surface area contributed by atoms with Crippen molar-refractivity contribution in [3.63, 3.8) is 0 Å². The molecule has 1 amide bonds. The molecule has 0 aliphatic carbocycles. The number of nitrogens with zero attached hydrogens (tertiary/aromatic N) is 1. The fourth-order valence-corrected chi connectivity index (χ4v) is 3.70. The lowest BCUT2D eigenvalue weighted by Gasteiger charge is -2.23. The van der Waals surface area contributed by atoms with Crippen LogP contribution in [0.4, 0.5) is 0 Å². The van der Waals surface area contributed by atoms with E-state index in [9.17, 15) is 4.79 Å². The van der Waals surface area contributed by atoms with Crippen molar-refractivity contribution in [2.75, 3.05) is 40.5 Å². The number of fused-ring (bicyclic) bond motifs is 1. The van der Waals surface area contributed by atoms with Crippen LogP contribution in [-0.4, -0.2) is 57.4 Å². The molecule has 156 valence electrons. The molecule has 5 heteroatoms. The molecule has 1 aliphatic rings. The first kappa shape index (κ1) is 20.4. The molecule has 1 unspecified atom stereocenters. The SMILES string of the molecule is CN(C)C(=O)c1ccc(-c2ccc(OCCC3COCCO3)c3ccccc23)cc1. The Morgan fingerprint density at radius 3 is 2.47 bits per heavy atom. The quantitative estimate of drug-likeness (QED) is 0.610. The molecule has 1 aliphatic heterocycles. The van der Waals surface area contributed by atoms with Gasteiger partial charge in [0.05, 0.1) is 32.5 Å². The predicted molar refractivity (Wildman–Crippen MR) is 118 cm³/mol. The lowest BCUT2D eigenvalue weighted by atomic mass is 9.97. The first-order valence-electron chi connectivity index (χ1n) is 10.3. The van der Waals surface area contributed by atoms with E-state index in [4.69, 9.17) is 14.2 Å². The lowest BCUT2D eigenvalue weighted by molar-refractivity contribution is -0.0935. The Morgan fingerprint density at radius 2 is 1.77 bits per heavy atom. The Labute approximate surface area is 177 Å². The molecule has 3 aromatic rings. The van der Waals surface area contributed by atoms with E-state index in [1.54, 1.807) is 19.0 Å². The molecule has 0 bridgehead atoms. The fraction of sp³-hybridized carbons (Fsp3) is 0.320. The summed E-state index contributed by atoms with van der Waals surface area (Å²) in [6, 6.07) is 20.1. The van der Waals surface area contributed by atoms with Crippen LogP contribution in [0.1, 0.15) is 16.8 Å². The molecule has 0 spiro atoms. The minimum Gasteiger partial charge on any atom is -0.493 e. The maximum Gasteiger partial charge on any atom is 0.253 e. The van der Waals surface area contributed by atoms with Gasteiger partial charge in [-0.15, -0.1) is 0 Å². The summed E-state index contributed by atoms with van der Waals surface area (Å²) < 4.78 is 17.2. The smallest absolute Gasteiger partial charge is 0.253 e. The van der Waals surface area contributed by atoms with Crippen LogP contribution in [0.2, 0.25) is 0 Å². The van der Waals surface area contributed by atoms with Gasteiger partial charge in [-0.25, -0.2) is 0 Å². The summed E-state index contributed by atoms with van der Waals surface area (Å²) in [5, 5.41) is 2.20. The van der Waals surface area contributed by atoms with Crippen LogP contribution in [0.15, 0.2) is 60.7 Å². The molecule has 1 heterocycles. The summed E-state index contributed by atoms with van der Waals surface area (Å²) in [6.07, 6.45) is 0.907. The number of benzene rings is 3. The summed E-state index contributed by atoms with van der Waals surface area (Å²) in [5.41, 5.74) is 2.87. The Bertz CT molecular complexity index is 1010. The lowest BCUT2D eigenvalue weighted by Crippen LogP contribution is -2.29. The van der Waals surface area contributed by atoms with Crippen LogP contribution < -0.4 is 4.74 Å². The van der Waals surface area contributed by atoms with E-state index in [0.29, 0.717) is 32.0 Å². The standard InChI is InChI=1S/C25H27NO4/c1-26(2)25(27)19-9-7-18(8-10-19)21-11-12-24(23-6-4-3-5-22(21)23)30-14-13-20-17-28-15-16-29-20/h3-12,20H,13-17H2,1-2H3. The number of amides is 1. The van der Waals surface area contributed by atoms with E-state index in [-0.39, 0.29) is 12.0 Å². The zero-order valence-electron chi connectivity index (χ0n) is 17.5. The fourth-order valence-electron chi connectivity index (χ4n) is 3.70. The number of ether oxygens (including phenoxy) is 3. The van der Waals surface area contributed by atoms with Gasteiger partial charge in [-0.3, -0.25) is 4.79 Å². The van der Waals surface area contributed by atoms with Crippen molar-refractivity contribution in [1.82, 2.24) is 4.90 Å². The monoisotopic (exact) mass is 405 g/mol. The number of carbonyl (C=O) groups excluding carboxylic acids is 1. The van der Waals surface area contributed by atoms with Crippen molar-refractivity contribution in [2.24, 2.45) is 0 Å². The van der Waals surface area contributed by atoms with E-state index < -0.39 is 0 Å². The molecule has 0 N–H and O–H groups in total. The molecule has 0 radical (unpaired) electrons. The van der Waals surface area contributed by atoms with Gasteiger partial charge in [0.15, 0.2) is 0 Å². The van der Waals surface area contributed by atoms with Gasteiger partial charge in [-0.2, -0.15) is 0 Å². The zero-order valence-corrected chi connectivity index (χ0v) is 17.5. The third-order valence-corrected chi connectivity index (χ3v) is 5.32. The third kappa shape index (κ3) is 4.48. The number of carbonyl (C=O) groups is 1. The highest BCUT2D eigenvalue weighted by Crippen LogP contribution is 2.34. The van der Waals surface area contributed by atoms with Gasteiger partial charge >= 0.3 is 0 Å². The van der Waals surface area contributed by atoms with Crippen LogP contribution >= 0.6 is 0 Å². The molecular formula is C25H27NO4. The van der Waals surface area contributed by atoms with E-state index in [0.717, 1.165) is 34.1 Å². The van der Waals surface area contributed by atoms with Crippen LogP contribution in [-0.2, 0) is 9.47 Å². The number of hydrogen-bond acceptors (Lipinski definition) is 4. The van der Waals surface area contributed by atoms with E-state index >= 15 is 0 Å². The van der Waals surface area contributed by atoms with Crippen LogP contribution in [0.5, 0.6) is 5.75 Å². The molecule has 1 atom stereocenters. The van der Waals surface area contributed by atoms with Crippen molar-refractivity contribution in [1.29, 1.82) is 0 Å². The minimum atomic E-state index is 0.00232. The van der Waals surface area contributed by atoms with Crippen molar-refractivity contribution in [2.45, 2.75) is 12.5 Å². The second-order valence-electron chi connectivity index (χ2n) is 7.64. The average Bonchev–Trinajstić information content (AvgIpc) is 2.79. The second-order valence-corrected chi connectivity index (χ2v) is 7.64. The largest absolute Gasteiger partial charge is 0.493 e. The van der Waals surface area contributed by atoms with Crippen molar-refractivity contribution in [3.05, 3.63) is 66.2 Å². The topological polar surface area (TPSA) is 48.0 Å². The first-order valence-corrected chi connectivity index (χ1v) is 10.3. The summed E-state index contributed by atoms with van der Waals surface area (Å²) >= 11 is 0. The van der Waals surface area contributed by atoms with Gasteiger partial charge in [0.25, 0.3) is 5.91 Å². The Hall–Kier alpha value is -2.89. The zero-order chi connectivity index (χ0) is 20.9. The summed E-state index contributed by atoms with van der Waals surface area (Å²) in [4.78, 5) is 13.7. The molecule has 1 fully saturated rings. The maximum absolute atomic E-state index is 12.2. The maximum atomic E-state index is 12.2. The molecule has 0 aromatic heterocycles. The van der Waals surface area contributed by atoms with Crippen molar-refractivity contribution >= 4 is 16.7 Å². The van der Waals surface area contributed by atoms with Gasteiger partial charge in [-0.1, -0.05) is 42.5 Å². The van der Waals surface area contributed by atoms with Gasteiger partial charge in [0, 0.05) is 31.5 Å². The van der Waals surface area contributed by atoms with Crippen LogP contribution in [0.25, 0.3) is 21.9 Å². The molecule has 1 saturated heterocycles. The first-order chi connectivity index (χ1) is 14.6. The molecule has 30 heavy (non-hydrogen) atoms. The Kier molecular flexibility index (Phi) is 6.31. The van der Waals surface area contributed by atoms with E-state index in [1.807, 2.05) is 42.5 Å². The normalized spacial score (nSPS) is 16.4. The highest BCUT2D eigenvalue weighted by atomic mass is 16.6. The summed E-state index contributed by atoms with van der Waals surface area (Å²) in [6.45, 7) is 2.54. The molecule has 3 aromatic carbocycles. The van der Waals surface area contributed by atoms with E-state index in [1.165, 1.54) is 0 Å². The molecule has 0 saturated carbocycles. The third-order valence-electron chi connectivity index (χ3n) is 5.32. The average molecular weight is 405 g/mol. The van der Waals surface area contributed by atoms with Crippen molar-refractivity contribution < 1.29 is 19.0 Å². The highest BCUT2D eigenvalue weighted by molar-refractivity contribution is 6.01. The van der Waals surface area contributed by atoms with Crippen LogP contribution in [0.3, 0.4) is 0 Å². The van der Waals surface area contributed by atoms with Gasteiger partial charge in [-0.05, 0) is 34.7 Å². The molecular weight excluding hydrogens is 378 g/mol. The number of rotatable bonds is 6. The molecule has 4 rings (SSSR count). The predicted octanol–water partition coefficient (Wildman–Crippen LogP) is 4.39. The summed E-state index contributed by atoms with van der Waals surface area (Å²) in [5.74, 6) is 0.869.